The Morgan fingerprint density at radius 1 is 0.712 bits per heavy atom. The monoisotopic (exact) mass is 1000 g/mol. The highest BCUT2D eigenvalue weighted by Gasteiger charge is 2.32. The summed E-state index contributed by atoms with van der Waals surface area (Å²) in [5.41, 5.74) is 9.12. The molecule has 2 aromatic carbocycles. The molecule has 4 aliphatic heterocycles. The summed E-state index contributed by atoms with van der Waals surface area (Å²) in [6.07, 6.45) is 1.51. The van der Waals surface area contributed by atoms with E-state index in [2.05, 4.69) is 15.0 Å². The minimum atomic E-state index is -1.73. The lowest BCUT2D eigenvalue weighted by molar-refractivity contribution is -0.122. The van der Waals surface area contributed by atoms with E-state index in [-0.39, 0.29) is 74.2 Å². The van der Waals surface area contributed by atoms with Gasteiger partial charge < -0.3 is 39.3 Å². The topological polar surface area (TPSA) is 237 Å². The van der Waals surface area contributed by atoms with E-state index in [4.69, 9.17) is 24.7 Å². The highest BCUT2D eigenvalue weighted by Crippen LogP contribution is 2.34. The molecule has 4 aromatic heterocycles. The molecule has 0 aliphatic carbocycles. The van der Waals surface area contributed by atoms with Crippen molar-refractivity contribution in [3.05, 3.63) is 111 Å². The first kappa shape index (κ1) is 51.4. The first-order valence-corrected chi connectivity index (χ1v) is 23.8. The number of Topliss-reactive ketones (excluding diaryl/α,β-unsaturated/α-hetero) is 2. The van der Waals surface area contributed by atoms with E-state index in [9.17, 15) is 42.3 Å². The number of nitrogens with two attached hydrogens (primary N) is 1. The normalized spacial score (nSPS) is 17.9. The number of fused-ring (bicyclic) bond motifs is 4. The Balaban J connectivity index is 0.000000161. The lowest BCUT2D eigenvalue weighted by atomic mass is 10.00. The summed E-state index contributed by atoms with van der Waals surface area (Å²) in [5, 5.41) is 0.675. The maximum atomic E-state index is 14.9. The van der Waals surface area contributed by atoms with Crippen LogP contribution in [0, 0.1) is 11.8 Å². The Morgan fingerprint density at radius 3 is 1.86 bits per heavy atom. The van der Waals surface area contributed by atoms with Crippen molar-refractivity contribution < 1.29 is 51.7 Å². The van der Waals surface area contributed by atoms with E-state index in [0.29, 0.717) is 97.9 Å². The summed E-state index contributed by atoms with van der Waals surface area (Å²) < 4.78 is 51.3. The first-order chi connectivity index (χ1) is 35.2. The number of pyridine rings is 3. The van der Waals surface area contributed by atoms with Gasteiger partial charge in [-0.15, -0.1) is 0 Å². The predicted octanol–water partition coefficient (Wildman–Crippen LogP) is 4.31. The fraction of sp³-hybridized carbons (Fsp3) is 0.385. The molecule has 0 radical (unpaired) electrons. The Hall–Kier alpha value is -7.94. The van der Waals surface area contributed by atoms with Crippen LogP contribution in [0.5, 0.6) is 23.3 Å². The molecule has 2 saturated heterocycles. The fourth-order valence-corrected chi connectivity index (χ4v) is 9.16. The summed E-state index contributed by atoms with van der Waals surface area (Å²) in [7, 11) is 2.92. The van der Waals surface area contributed by atoms with Gasteiger partial charge in [0.1, 0.15) is 42.0 Å². The number of halogens is 2. The molecule has 8 heterocycles. The number of ketones is 2. The highest BCUT2D eigenvalue weighted by molar-refractivity contribution is 5.97. The van der Waals surface area contributed by atoms with Crippen molar-refractivity contribution in [3.63, 3.8) is 0 Å². The van der Waals surface area contributed by atoms with Gasteiger partial charge in [0, 0.05) is 84.9 Å². The van der Waals surface area contributed by atoms with Crippen LogP contribution in [0.4, 0.5) is 20.2 Å². The van der Waals surface area contributed by atoms with Gasteiger partial charge >= 0.3 is 0 Å². The number of aromatic nitrogens is 5. The lowest BCUT2D eigenvalue weighted by Gasteiger charge is -2.21. The molecule has 73 heavy (non-hydrogen) atoms. The summed E-state index contributed by atoms with van der Waals surface area (Å²) in [6, 6.07) is 20.7. The van der Waals surface area contributed by atoms with Crippen molar-refractivity contribution >= 4 is 63.2 Å². The van der Waals surface area contributed by atoms with Gasteiger partial charge in [-0.3, -0.25) is 37.9 Å². The van der Waals surface area contributed by atoms with Crippen molar-refractivity contribution in [2.24, 2.45) is 17.6 Å². The van der Waals surface area contributed by atoms with Gasteiger partial charge in [-0.05, 0) is 85.8 Å². The quantitative estimate of drug-likeness (QED) is 0.150. The van der Waals surface area contributed by atoms with E-state index in [0.717, 1.165) is 32.8 Å². The molecule has 382 valence electrons. The predicted molar refractivity (Wildman–Crippen MR) is 264 cm³/mol. The van der Waals surface area contributed by atoms with Crippen LogP contribution < -0.4 is 45.6 Å². The molecule has 2 N–H and O–H groups in total. The van der Waals surface area contributed by atoms with Gasteiger partial charge in [0.15, 0.2) is 29.7 Å². The average molecular weight is 1010 g/mol. The highest BCUT2D eigenvalue weighted by atomic mass is 19.1. The van der Waals surface area contributed by atoms with Crippen molar-refractivity contribution in [2.45, 2.75) is 70.4 Å². The van der Waals surface area contributed by atoms with Crippen LogP contribution in [0.25, 0.3) is 22.2 Å². The summed E-state index contributed by atoms with van der Waals surface area (Å²) >= 11 is 0. The third-order valence-electron chi connectivity index (χ3n) is 12.9. The van der Waals surface area contributed by atoms with E-state index in [1.54, 1.807) is 46.2 Å². The molecule has 4 aliphatic rings. The zero-order valence-corrected chi connectivity index (χ0v) is 40.2. The minimum Gasteiger partial charge on any atom is -0.486 e. The second-order valence-corrected chi connectivity index (χ2v) is 18.1. The number of amides is 2. The zero-order chi connectivity index (χ0) is 51.8. The standard InChI is InChI=1S/C26H27FN4O5.C14H16N2O3.C12H11FN2O3/c1-35-23-8-6-21-26(29-23)31(25(34)12-28-21)14-18(27)4-2-3-16-9-24(33)30(13-16)19-5-7-22-17(10-19)11-20(32)15-36-22;15-6-9-3-14(18)16(7-9)11-1-2-13-10(4-11)5-12(17)8-19-13;1-18-10-4-2-8-3-5-11(17)15(12(8)14-10)6-9(13)7-16/h5-8,10,12,16,18H,2-4,9,11,13-15H2,1H3;1-2,4,9H,3,5-8,15H2;2-5,7,9H,6H2,1H3/t16-,18?;9-;/m01./s1. The molecular formula is C52H54F2N8O11. The average Bonchev–Trinajstić information content (AvgIpc) is 3.98. The van der Waals surface area contributed by atoms with Crippen molar-refractivity contribution in [1.29, 1.82) is 0 Å². The number of carbonyl (C=O) groups is 5. The molecule has 10 rings (SSSR count). The number of hydrogen-bond acceptors (Lipinski definition) is 15. The number of hydrogen-bond donors (Lipinski definition) is 1. The van der Waals surface area contributed by atoms with Gasteiger partial charge in [-0.1, -0.05) is 6.42 Å². The number of ether oxygens (including phenoxy) is 4. The second kappa shape index (κ2) is 23.1. The van der Waals surface area contributed by atoms with E-state index >= 15 is 0 Å². The van der Waals surface area contributed by atoms with Crippen LogP contribution in [0.15, 0.2) is 88.6 Å². The molecule has 2 unspecified atom stereocenters. The Kier molecular flexibility index (Phi) is 16.3. The third kappa shape index (κ3) is 12.2. The number of nitrogens with zero attached hydrogens (tertiary/aromatic N) is 7. The minimum absolute atomic E-state index is 0.0167. The molecule has 4 atom stereocenters. The van der Waals surface area contributed by atoms with Crippen molar-refractivity contribution in [2.75, 3.05) is 56.9 Å². The van der Waals surface area contributed by atoms with E-state index in [1.807, 2.05) is 30.3 Å². The van der Waals surface area contributed by atoms with Crippen LogP contribution in [0.3, 0.4) is 0 Å². The maximum Gasteiger partial charge on any atom is 0.270 e. The van der Waals surface area contributed by atoms with Crippen molar-refractivity contribution in [3.8, 4) is 23.3 Å². The Morgan fingerprint density at radius 2 is 1.27 bits per heavy atom. The smallest absolute Gasteiger partial charge is 0.270 e. The summed E-state index contributed by atoms with van der Waals surface area (Å²) in [6.45, 7) is 1.50. The summed E-state index contributed by atoms with van der Waals surface area (Å²) in [5.74, 6) is 2.62. The third-order valence-corrected chi connectivity index (χ3v) is 12.9. The second-order valence-electron chi connectivity index (χ2n) is 18.1. The molecule has 0 spiro atoms. The largest absolute Gasteiger partial charge is 0.486 e. The van der Waals surface area contributed by atoms with Gasteiger partial charge in [-0.2, -0.15) is 9.97 Å². The maximum absolute atomic E-state index is 14.9. The van der Waals surface area contributed by atoms with Gasteiger partial charge in [0.2, 0.25) is 23.6 Å². The molecule has 2 fully saturated rings. The lowest BCUT2D eigenvalue weighted by Crippen LogP contribution is -2.26. The number of carbonyl (C=O) groups excluding carboxylic acids is 5. The molecule has 19 nitrogen and oxygen atoms in total. The van der Waals surface area contributed by atoms with Crippen LogP contribution in [-0.4, -0.2) is 113 Å². The van der Waals surface area contributed by atoms with Gasteiger partial charge in [0.25, 0.3) is 11.1 Å². The first-order valence-electron chi connectivity index (χ1n) is 23.8. The van der Waals surface area contributed by atoms with Crippen LogP contribution in [-0.2, 0) is 49.9 Å². The van der Waals surface area contributed by atoms with Crippen LogP contribution in [0.1, 0.15) is 43.2 Å². The van der Waals surface area contributed by atoms with Gasteiger partial charge in [0.05, 0.1) is 33.5 Å². The van der Waals surface area contributed by atoms with Crippen molar-refractivity contribution in [1.82, 2.24) is 24.1 Å². The molecule has 0 saturated carbocycles. The number of methoxy groups -OCH3 is 2. The molecular weight excluding hydrogens is 951 g/mol. The van der Waals surface area contributed by atoms with Crippen LogP contribution >= 0.6 is 0 Å². The van der Waals surface area contributed by atoms with E-state index < -0.39 is 23.5 Å². The molecule has 21 heteroatoms. The molecule has 2 amide bonds. The zero-order valence-electron chi connectivity index (χ0n) is 40.2. The number of benzene rings is 2. The Bertz CT molecular complexity index is 3180. The summed E-state index contributed by atoms with van der Waals surface area (Å²) in [4.78, 5) is 98.0. The Labute approximate surface area is 416 Å². The van der Waals surface area contributed by atoms with E-state index in [1.165, 1.54) is 31.0 Å². The van der Waals surface area contributed by atoms with Crippen LogP contribution in [0.2, 0.25) is 0 Å². The number of rotatable bonds is 14. The van der Waals surface area contributed by atoms with Gasteiger partial charge in [-0.25, -0.2) is 13.8 Å². The fourth-order valence-electron chi connectivity index (χ4n) is 9.16. The molecule has 0 bridgehead atoms. The SMILES string of the molecule is COc1ccc2ccc(=O)n(CC(F)C=O)c2n1.COc1ccc2ncc(=O)n(CC(F)CCC[C@H]3CC(=O)N(c4ccc5c(c4)CC(=O)CO5)C3)c2n1.NC[C@H]1CC(=O)N(c2ccc3c(c2)CC(=O)CO3)C1. The number of alkyl halides is 2. The molecule has 6 aromatic rings. The number of aldehydes is 1. The number of anilines is 2.